The molecule has 19 heavy (non-hydrogen) atoms. The van der Waals surface area contributed by atoms with Crippen LogP contribution in [0.1, 0.15) is 22.8 Å². The summed E-state index contributed by atoms with van der Waals surface area (Å²) in [5.41, 5.74) is 1.29. The number of rotatable bonds is 3. The molecule has 1 N–H and O–H groups in total. The highest BCUT2D eigenvalue weighted by atomic mass is 35.5. The Hall–Kier alpha value is -1.45. The number of halogens is 3. The molecule has 4 heteroatoms. The fourth-order valence-corrected chi connectivity index (χ4v) is 2.29. The largest absolute Gasteiger partial charge is 0.388 e. The molecule has 0 aliphatic carbocycles. The maximum atomic E-state index is 13.5. The first-order valence-corrected chi connectivity index (χ1v) is 6.24. The number of aryl methyl sites for hydroxylation is 1. The van der Waals surface area contributed by atoms with E-state index in [1.807, 2.05) is 6.92 Å². The molecular formula is C15H13ClF2O. The Kier molecular flexibility index (Phi) is 4.17. The van der Waals surface area contributed by atoms with E-state index in [-0.39, 0.29) is 12.0 Å². The number of benzene rings is 2. The molecular weight excluding hydrogens is 270 g/mol. The summed E-state index contributed by atoms with van der Waals surface area (Å²) in [6.07, 6.45) is -1.19. The van der Waals surface area contributed by atoms with Crippen LogP contribution in [0.15, 0.2) is 36.4 Å². The van der Waals surface area contributed by atoms with Crippen LogP contribution in [-0.4, -0.2) is 5.11 Å². The minimum atomic E-state index is -1.04. The Labute approximate surface area is 115 Å². The summed E-state index contributed by atoms with van der Waals surface area (Å²) in [7, 11) is 0. The van der Waals surface area contributed by atoms with Gasteiger partial charge in [0.25, 0.3) is 0 Å². The van der Waals surface area contributed by atoms with Crippen molar-refractivity contribution >= 4 is 11.6 Å². The van der Waals surface area contributed by atoms with Crippen molar-refractivity contribution in [2.24, 2.45) is 0 Å². The van der Waals surface area contributed by atoms with Crippen molar-refractivity contribution in [2.45, 2.75) is 19.4 Å². The third-order valence-electron chi connectivity index (χ3n) is 2.97. The van der Waals surface area contributed by atoms with Gasteiger partial charge in [0.15, 0.2) is 0 Å². The molecule has 0 bridgehead atoms. The van der Waals surface area contributed by atoms with E-state index in [9.17, 15) is 13.9 Å². The van der Waals surface area contributed by atoms with Gasteiger partial charge < -0.3 is 5.11 Å². The van der Waals surface area contributed by atoms with Gasteiger partial charge in [-0.25, -0.2) is 8.78 Å². The van der Waals surface area contributed by atoms with E-state index in [1.165, 1.54) is 18.2 Å². The highest BCUT2D eigenvalue weighted by Crippen LogP contribution is 2.28. The molecule has 0 aromatic heterocycles. The van der Waals surface area contributed by atoms with Gasteiger partial charge in [0, 0.05) is 17.0 Å². The van der Waals surface area contributed by atoms with E-state index < -0.39 is 17.7 Å². The molecule has 0 fully saturated rings. The summed E-state index contributed by atoms with van der Waals surface area (Å²) < 4.78 is 27.0. The maximum Gasteiger partial charge on any atom is 0.129 e. The third kappa shape index (κ3) is 3.11. The van der Waals surface area contributed by atoms with Gasteiger partial charge >= 0.3 is 0 Å². The first-order chi connectivity index (χ1) is 8.99. The van der Waals surface area contributed by atoms with Crippen molar-refractivity contribution in [3.8, 4) is 0 Å². The molecule has 2 rings (SSSR count). The van der Waals surface area contributed by atoms with Gasteiger partial charge in [-0.1, -0.05) is 29.8 Å². The van der Waals surface area contributed by atoms with Crippen LogP contribution >= 0.6 is 11.6 Å². The number of hydrogen-bond donors (Lipinski definition) is 1. The average Bonchev–Trinajstić information content (AvgIpc) is 2.33. The monoisotopic (exact) mass is 282 g/mol. The van der Waals surface area contributed by atoms with E-state index in [0.717, 1.165) is 5.56 Å². The number of aliphatic hydroxyl groups excluding tert-OH is 1. The van der Waals surface area contributed by atoms with E-state index >= 15 is 0 Å². The molecule has 0 saturated carbocycles. The fraction of sp³-hybridized carbons (Fsp3) is 0.200. The highest BCUT2D eigenvalue weighted by Gasteiger charge is 2.17. The highest BCUT2D eigenvalue weighted by molar-refractivity contribution is 6.31. The second-order valence-electron chi connectivity index (χ2n) is 4.45. The zero-order valence-electron chi connectivity index (χ0n) is 10.3. The van der Waals surface area contributed by atoms with Crippen LogP contribution < -0.4 is 0 Å². The lowest BCUT2D eigenvalue weighted by Gasteiger charge is -2.14. The topological polar surface area (TPSA) is 20.2 Å². The molecule has 2 aromatic rings. The van der Waals surface area contributed by atoms with E-state index in [0.29, 0.717) is 10.6 Å². The lowest BCUT2D eigenvalue weighted by Crippen LogP contribution is -2.06. The van der Waals surface area contributed by atoms with Gasteiger partial charge in [0.2, 0.25) is 0 Å². The standard InChI is InChI=1S/C15H13ClF2O/c1-9-5-6-10(12(16)7-9)15(19)8-11-13(17)3-2-4-14(11)18/h2-7,15,19H,8H2,1H3. The van der Waals surface area contributed by atoms with Crippen LogP contribution in [-0.2, 0) is 6.42 Å². The second kappa shape index (κ2) is 5.68. The van der Waals surface area contributed by atoms with Gasteiger partial charge in [-0.3, -0.25) is 0 Å². The van der Waals surface area contributed by atoms with Crippen LogP contribution in [0.25, 0.3) is 0 Å². The number of aliphatic hydroxyl groups is 1. The van der Waals surface area contributed by atoms with Crippen LogP contribution in [0.4, 0.5) is 8.78 Å². The molecule has 2 aromatic carbocycles. The van der Waals surface area contributed by atoms with Gasteiger partial charge in [0.05, 0.1) is 6.10 Å². The van der Waals surface area contributed by atoms with Crippen LogP contribution in [0.2, 0.25) is 5.02 Å². The summed E-state index contributed by atoms with van der Waals surface area (Å²) in [5, 5.41) is 10.5. The molecule has 1 atom stereocenters. The third-order valence-corrected chi connectivity index (χ3v) is 3.30. The second-order valence-corrected chi connectivity index (χ2v) is 4.85. The zero-order valence-corrected chi connectivity index (χ0v) is 11.1. The zero-order chi connectivity index (χ0) is 14.0. The van der Waals surface area contributed by atoms with Crippen molar-refractivity contribution < 1.29 is 13.9 Å². The summed E-state index contributed by atoms with van der Waals surface area (Å²) in [5.74, 6) is -1.33. The van der Waals surface area contributed by atoms with Crippen molar-refractivity contribution in [2.75, 3.05) is 0 Å². The molecule has 1 nitrogen and oxygen atoms in total. The van der Waals surface area contributed by atoms with E-state index in [2.05, 4.69) is 0 Å². The smallest absolute Gasteiger partial charge is 0.129 e. The molecule has 0 saturated heterocycles. The summed E-state index contributed by atoms with van der Waals surface area (Å²) in [6.45, 7) is 1.87. The van der Waals surface area contributed by atoms with Crippen LogP contribution in [0.5, 0.6) is 0 Å². The Morgan fingerprint density at radius 3 is 2.37 bits per heavy atom. The fourth-order valence-electron chi connectivity index (χ4n) is 1.93. The number of hydrogen-bond acceptors (Lipinski definition) is 1. The summed E-state index contributed by atoms with van der Waals surface area (Å²) in [6, 6.07) is 8.80. The molecule has 1 unspecified atom stereocenters. The first kappa shape index (κ1) is 14.0. The predicted molar refractivity (Wildman–Crippen MR) is 71.2 cm³/mol. The first-order valence-electron chi connectivity index (χ1n) is 5.86. The van der Waals surface area contributed by atoms with Crippen molar-refractivity contribution in [3.63, 3.8) is 0 Å². The Bertz CT molecular complexity index is 578. The summed E-state index contributed by atoms with van der Waals surface area (Å²) >= 11 is 6.02. The van der Waals surface area contributed by atoms with E-state index in [4.69, 9.17) is 11.6 Å². The minimum absolute atomic E-state index is 0.133. The van der Waals surface area contributed by atoms with Crippen molar-refractivity contribution in [1.82, 2.24) is 0 Å². The minimum Gasteiger partial charge on any atom is -0.388 e. The van der Waals surface area contributed by atoms with Gasteiger partial charge in [-0.05, 0) is 36.2 Å². The molecule has 0 spiro atoms. The molecule has 100 valence electrons. The maximum absolute atomic E-state index is 13.5. The Morgan fingerprint density at radius 2 is 1.79 bits per heavy atom. The summed E-state index contributed by atoms with van der Waals surface area (Å²) in [4.78, 5) is 0. The Balaban J connectivity index is 2.28. The molecule has 0 radical (unpaired) electrons. The van der Waals surface area contributed by atoms with Gasteiger partial charge in [0.1, 0.15) is 11.6 Å². The average molecular weight is 283 g/mol. The molecule has 0 aliphatic heterocycles. The normalized spacial score (nSPS) is 12.5. The van der Waals surface area contributed by atoms with Crippen molar-refractivity contribution in [1.29, 1.82) is 0 Å². The molecule has 0 heterocycles. The Morgan fingerprint density at radius 1 is 1.16 bits per heavy atom. The van der Waals surface area contributed by atoms with Crippen LogP contribution in [0, 0.1) is 18.6 Å². The van der Waals surface area contributed by atoms with Crippen LogP contribution in [0.3, 0.4) is 0 Å². The molecule has 0 aliphatic rings. The predicted octanol–water partition coefficient (Wildman–Crippen LogP) is 4.20. The van der Waals surface area contributed by atoms with Gasteiger partial charge in [-0.15, -0.1) is 0 Å². The van der Waals surface area contributed by atoms with E-state index in [1.54, 1.807) is 18.2 Å². The lowest BCUT2D eigenvalue weighted by atomic mass is 9.99. The molecule has 0 amide bonds. The quantitative estimate of drug-likeness (QED) is 0.894. The SMILES string of the molecule is Cc1ccc(C(O)Cc2c(F)cccc2F)c(Cl)c1. The van der Waals surface area contributed by atoms with Gasteiger partial charge in [-0.2, -0.15) is 0 Å². The van der Waals surface area contributed by atoms with Crippen molar-refractivity contribution in [3.05, 3.63) is 69.7 Å². The lowest BCUT2D eigenvalue weighted by molar-refractivity contribution is 0.175.